The zero-order chi connectivity index (χ0) is 18.5. The topological polar surface area (TPSA) is 67.2 Å². The van der Waals surface area contributed by atoms with Gasteiger partial charge in [0.25, 0.3) is 0 Å². The third kappa shape index (κ3) is 4.96. The molecule has 1 aromatic carbocycles. The van der Waals surface area contributed by atoms with Crippen molar-refractivity contribution in [2.75, 3.05) is 31.9 Å². The Bertz CT molecular complexity index is 744. The second kappa shape index (κ2) is 8.83. The standard InChI is InChI=1S/C17H23ClN6OS/c1-13(2)24-17(19-20-21-24)26-12-16(25)23-8-6-22(7-9-23)11-14-4-3-5-15(18)10-14/h3-5,10,13H,6-9,11-12H2,1-2H3. The van der Waals surface area contributed by atoms with Gasteiger partial charge in [0.05, 0.1) is 11.8 Å². The number of piperazine rings is 1. The molecule has 1 aliphatic heterocycles. The number of thioether (sulfide) groups is 1. The molecule has 3 rings (SSSR count). The van der Waals surface area contributed by atoms with Gasteiger partial charge in [-0.2, -0.15) is 0 Å². The second-order valence-electron chi connectivity index (χ2n) is 6.58. The molecule has 1 aliphatic rings. The van der Waals surface area contributed by atoms with Gasteiger partial charge in [-0.05, 0) is 42.0 Å². The predicted molar refractivity (Wildman–Crippen MR) is 102 cm³/mol. The first-order valence-electron chi connectivity index (χ1n) is 8.68. The highest BCUT2D eigenvalue weighted by molar-refractivity contribution is 7.99. The minimum atomic E-state index is 0.135. The maximum atomic E-state index is 12.5. The third-order valence-corrected chi connectivity index (χ3v) is 5.45. The number of benzene rings is 1. The van der Waals surface area contributed by atoms with Crippen molar-refractivity contribution in [1.29, 1.82) is 0 Å². The number of carbonyl (C=O) groups is 1. The quantitative estimate of drug-likeness (QED) is 0.700. The molecule has 1 fully saturated rings. The molecule has 0 bridgehead atoms. The molecule has 1 saturated heterocycles. The summed E-state index contributed by atoms with van der Waals surface area (Å²) in [5, 5.41) is 13.1. The van der Waals surface area contributed by atoms with E-state index in [1.54, 1.807) is 4.68 Å². The fraction of sp³-hybridized carbons (Fsp3) is 0.529. The number of amides is 1. The molecule has 0 N–H and O–H groups in total. The van der Waals surface area contributed by atoms with E-state index in [0.717, 1.165) is 37.7 Å². The molecule has 140 valence electrons. The molecule has 26 heavy (non-hydrogen) atoms. The summed E-state index contributed by atoms with van der Waals surface area (Å²) in [6, 6.07) is 8.11. The molecule has 0 aliphatic carbocycles. The van der Waals surface area contributed by atoms with E-state index in [0.29, 0.717) is 10.9 Å². The molecule has 2 heterocycles. The van der Waals surface area contributed by atoms with Crippen LogP contribution in [-0.2, 0) is 11.3 Å². The highest BCUT2D eigenvalue weighted by atomic mass is 35.5. The van der Waals surface area contributed by atoms with E-state index in [1.165, 1.54) is 17.3 Å². The molecule has 0 unspecified atom stereocenters. The van der Waals surface area contributed by atoms with Gasteiger partial charge >= 0.3 is 0 Å². The predicted octanol–water partition coefficient (Wildman–Crippen LogP) is 2.34. The zero-order valence-corrected chi connectivity index (χ0v) is 16.6. The SMILES string of the molecule is CC(C)n1nnnc1SCC(=O)N1CCN(Cc2cccc(Cl)c2)CC1. The fourth-order valence-corrected chi connectivity index (χ4v) is 3.99. The first-order chi connectivity index (χ1) is 12.5. The van der Waals surface area contributed by atoms with Gasteiger partial charge in [-0.15, -0.1) is 5.10 Å². The number of nitrogens with zero attached hydrogens (tertiary/aromatic N) is 6. The molecular formula is C17H23ClN6OS. The van der Waals surface area contributed by atoms with Crippen molar-refractivity contribution in [2.24, 2.45) is 0 Å². The molecule has 0 saturated carbocycles. The Morgan fingerprint density at radius 2 is 2.04 bits per heavy atom. The first kappa shape index (κ1) is 19.1. The highest BCUT2D eigenvalue weighted by Gasteiger charge is 2.22. The van der Waals surface area contributed by atoms with Crippen molar-refractivity contribution >= 4 is 29.3 Å². The Balaban J connectivity index is 1.45. The number of aromatic nitrogens is 4. The minimum absolute atomic E-state index is 0.135. The molecule has 7 nitrogen and oxygen atoms in total. The van der Waals surface area contributed by atoms with Crippen LogP contribution in [0.25, 0.3) is 0 Å². The van der Waals surface area contributed by atoms with Crippen molar-refractivity contribution in [3.05, 3.63) is 34.9 Å². The Morgan fingerprint density at radius 3 is 2.73 bits per heavy atom. The van der Waals surface area contributed by atoms with Gasteiger partial charge in [0.2, 0.25) is 11.1 Å². The monoisotopic (exact) mass is 394 g/mol. The van der Waals surface area contributed by atoms with E-state index < -0.39 is 0 Å². The van der Waals surface area contributed by atoms with Crippen LogP contribution in [0.5, 0.6) is 0 Å². The van der Waals surface area contributed by atoms with Crippen molar-refractivity contribution in [3.63, 3.8) is 0 Å². The number of rotatable bonds is 6. The Labute approximate surface area is 162 Å². The lowest BCUT2D eigenvalue weighted by Crippen LogP contribution is -2.48. The van der Waals surface area contributed by atoms with Crippen LogP contribution in [0, 0.1) is 0 Å². The van der Waals surface area contributed by atoms with Crippen molar-refractivity contribution in [2.45, 2.75) is 31.6 Å². The summed E-state index contributed by atoms with van der Waals surface area (Å²) in [5.41, 5.74) is 1.20. The van der Waals surface area contributed by atoms with Crippen molar-refractivity contribution in [3.8, 4) is 0 Å². The van der Waals surface area contributed by atoms with Crippen LogP contribution in [0.3, 0.4) is 0 Å². The number of tetrazole rings is 1. The molecule has 1 aromatic heterocycles. The number of carbonyl (C=O) groups excluding carboxylic acids is 1. The van der Waals surface area contributed by atoms with Crippen LogP contribution in [-0.4, -0.2) is 67.8 Å². The molecule has 0 radical (unpaired) electrons. The van der Waals surface area contributed by atoms with E-state index >= 15 is 0 Å². The summed E-state index contributed by atoms with van der Waals surface area (Å²) in [6.45, 7) is 8.12. The summed E-state index contributed by atoms with van der Waals surface area (Å²) in [4.78, 5) is 16.7. The summed E-state index contributed by atoms with van der Waals surface area (Å²) in [5.74, 6) is 0.497. The minimum Gasteiger partial charge on any atom is -0.339 e. The summed E-state index contributed by atoms with van der Waals surface area (Å²) >= 11 is 7.44. The van der Waals surface area contributed by atoms with E-state index in [9.17, 15) is 4.79 Å². The van der Waals surface area contributed by atoms with Crippen LogP contribution in [0.4, 0.5) is 0 Å². The van der Waals surface area contributed by atoms with Gasteiger partial charge in [-0.3, -0.25) is 9.69 Å². The Kier molecular flexibility index (Phi) is 6.50. The van der Waals surface area contributed by atoms with Crippen LogP contribution in [0.2, 0.25) is 5.02 Å². The lowest BCUT2D eigenvalue weighted by atomic mass is 10.2. The second-order valence-corrected chi connectivity index (χ2v) is 7.95. The number of halogens is 1. The summed E-state index contributed by atoms with van der Waals surface area (Å²) < 4.78 is 1.74. The van der Waals surface area contributed by atoms with Gasteiger partial charge in [-0.25, -0.2) is 4.68 Å². The third-order valence-electron chi connectivity index (χ3n) is 4.30. The average Bonchev–Trinajstić information content (AvgIpc) is 3.09. The largest absolute Gasteiger partial charge is 0.339 e. The van der Waals surface area contributed by atoms with Crippen LogP contribution in [0.1, 0.15) is 25.5 Å². The van der Waals surface area contributed by atoms with Gasteiger partial charge < -0.3 is 4.90 Å². The molecule has 0 spiro atoms. The highest BCUT2D eigenvalue weighted by Crippen LogP contribution is 2.19. The van der Waals surface area contributed by atoms with Crippen molar-refractivity contribution < 1.29 is 4.79 Å². The van der Waals surface area contributed by atoms with Gasteiger partial charge in [0.15, 0.2) is 0 Å². The van der Waals surface area contributed by atoms with Crippen LogP contribution >= 0.6 is 23.4 Å². The van der Waals surface area contributed by atoms with E-state index in [4.69, 9.17) is 11.6 Å². The van der Waals surface area contributed by atoms with Gasteiger partial charge in [0.1, 0.15) is 0 Å². The molecule has 2 aromatic rings. The number of hydrogen-bond acceptors (Lipinski definition) is 6. The maximum Gasteiger partial charge on any atom is 0.233 e. The average molecular weight is 395 g/mol. The molecule has 0 atom stereocenters. The van der Waals surface area contributed by atoms with Gasteiger partial charge in [-0.1, -0.05) is 35.5 Å². The summed E-state index contributed by atoms with van der Waals surface area (Å²) in [6.07, 6.45) is 0. The van der Waals surface area contributed by atoms with E-state index in [-0.39, 0.29) is 11.9 Å². The zero-order valence-electron chi connectivity index (χ0n) is 15.0. The first-order valence-corrected chi connectivity index (χ1v) is 10.0. The summed E-state index contributed by atoms with van der Waals surface area (Å²) in [7, 11) is 0. The van der Waals surface area contributed by atoms with Crippen LogP contribution < -0.4 is 0 Å². The molecule has 9 heteroatoms. The van der Waals surface area contributed by atoms with Crippen molar-refractivity contribution in [1.82, 2.24) is 30.0 Å². The van der Waals surface area contributed by atoms with Crippen LogP contribution in [0.15, 0.2) is 29.4 Å². The van der Waals surface area contributed by atoms with E-state index in [2.05, 4.69) is 26.5 Å². The Hall–Kier alpha value is -1.64. The fourth-order valence-electron chi connectivity index (χ4n) is 2.87. The normalized spacial score (nSPS) is 15.6. The maximum absolute atomic E-state index is 12.5. The lowest BCUT2D eigenvalue weighted by Gasteiger charge is -2.34. The Morgan fingerprint density at radius 1 is 1.27 bits per heavy atom. The molecule has 1 amide bonds. The smallest absolute Gasteiger partial charge is 0.233 e. The lowest BCUT2D eigenvalue weighted by molar-refractivity contribution is -0.130. The van der Waals surface area contributed by atoms with Gasteiger partial charge in [0, 0.05) is 37.7 Å². The number of hydrogen-bond donors (Lipinski definition) is 0. The molecular weight excluding hydrogens is 372 g/mol. The van der Waals surface area contributed by atoms with E-state index in [1.807, 2.05) is 36.9 Å².